The van der Waals surface area contributed by atoms with Crippen molar-refractivity contribution in [3.05, 3.63) is 12.7 Å². The smallest absolute Gasteiger partial charge is 0.264 e. The molecule has 1 aliphatic rings. The zero-order valence-electron chi connectivity index (χ0n) is 12.1. The highest BCUT2D eigenvalue weighted by atomic mass is 32.2. The third kappa shape index (κ3) is 4.89. The van der Waals surface area contributed by atoms with Crippen LogP contribution in [0.3, 0.4) is 0 Å². The van der Waals surface area contributed by atoms with Crippen molar-refractivity contribution in [2.45, 2.75) is 64.0 Å². The molecule has 0 aromatic heterocycles. The summed E-state index contributed by atoms with van der Waals surface area (Å²) in [6.07, 6.45) is 8.12. The summed E-state index contributed by atoms with van der Waals surface area (Å²) in [5.41, 5.74) is 0.130. The quantitative estimate of drug-likeness (QED) is 0.578. The van der Waals surface area contributed by atoms with Crippen molar-refractivity contribution < 1.29 is 13.0 Å². The molecular weight excluding hydrogens is 262 g/mol. The van der Waals surface area contributed by atoms with Gasteiger partial charge in [-0.2, -0.15) is 8.42 Å². The highest BCUT2D eigenvalue weighted by molar-refractivity contribution is 7.85. The Morgan fingerprint density at radius 1 is 1.53 bits per heavy atom. The molecule has 112 valence electrons. The summed E-state index contributed by atoms with van der Waals surface area (Å²) >= 11 is 0. The lowest BCUT2D eigenvalue weighted by atomic mass is 9.81. The summed E-state index contributed by atoms with van der Waals surface area (Å²) in [6, 6.07) is 0.326. The molecule has 1 fully saturated rings. The van der Waals surface area contributed by atoms with Crippen LogP contribution in [0.2, 0.25) is 0 Å². The van der Waals surface area contributed by atoms with Gasteiger partial charge in [-0.3, -0.25) is 9.45 Å². The molecule has 0 amide bonds. The molecule has 0 saturated carbocycles. The summed E-state index contributed by atoms with van der Waals surface area (Å²) in [5.74, 6) is -0.157. The van der Waals surface area contributed by atoms with Crippen LogP contribution in [-0.4, -0.2) is 41.7 Å². The summed E-state index contributed by atoms with van der Waals surface area (Å²) < 4.78 is 30.5. The minimum atomic E-state index is -3.85. The topological polar surface area (TPSA) is 57.6 Å². The fourth-order valence-corrected chi connectivity index (χ4v) is 3.79. The first kappa shape index (κ1) is 16.7. The second-order valence-electron chi connectivity index (χ2n) is 5.78. The van der Waals surface area contributed by atoms with Crippen molar-refractivity contribution in [3.63, 3.8) is 0 Å². The summed E-state index contributed by atoms with van der Waals surface area (Å²) in [4.78, 5) is 2.39. The summed E-state index contributed by atoms with van der Waals surface area (Å²) in [5, 5.41) is 0. The molecule has 0 radical (unpaired) electrons. The van der Waals surface area contributed by atoms with Gasteiger partial charge in [0.05, 0.1) is 5.75 Å². The van der Waals surface area contributed by atoms with Gasteiger partial charge in [-0.05, 0) is 39.0 Å². The van der Waals surface area contributed by atoms with E-state index < -0.39 is 10.1 Å². The predicted molar refractivity (Wildman–Crippen MR) is 78.9 cm³/mol. The first-order valence-electron chi connectivity index (χ1n) is 7.17. The van der Waals surface area contributed by atoms with E-state index in [0.717, 1.165) is 25.7 Å². The predicted octanol–water partition coefficient (Wildman–Crippen LogP) is 2.86. The fraction of sp³-hybridized carbons (Fsp3) is 0.857. The molecule has 2 unspecified atom stereocenters. The van der Waals surface area contributed by atoms with Crippen LogP contribution in [0, 0.1) is 0 Å². The highest BCUT2D eigenvalue weighted by Crippen LogP contribution is 2.35. The number of piperidine rings is 1. The Morgan fingerprint density at radius 3 is 2.74 bits per heavy atom. The molecule has 0 aromatic rings. The zero-order valence-corrected chi connectivity index (χ0v) is 13.0. The number of nitrogens with zero attached hydrogens (tertiary/aromatic N) is 1. The largest absolute Gasteiger partial charge is 0.292 e. The van der Waals surface area contributed by atoms with Crippen LogP contribution >= 0.6 is 0 Å². The Kier molecular flexibility index (Phi) is 6.02. The van der Waals surface area contributed by atoms with Gasteiger partial charge >= 0.3 is 0 Å². The van der Waals surface area contributed by atoms with E-state index in [1.165, 1.54) is 6.42 Å². The molecule has 1 rings (SSSR count). The second-order valence-corrected chi connectivity index (χ2v) is 7.35. The minimum Gasteiger partial charge on any atom is -0.292 e. The van der Waals surface area contributed by atoms with Gasteiger partial charge < -0.3 is 0 Å². The Hall–Kier alpha value is -0.390. The Labute approximate surface area is 117 Å². The fourth-order valence-electron chi connectivity index (χ4n) is 3.30. The number of hydrogen-bond donors (Lipinski definition) is 1. The number of likely N-dealkylation sites (tertiary alicyclic amines) is 1. The molecule has 1 saturated heterocycles. The van der Waals surface area contributed by atoms with E-state index in [9.17, 15) is 8.42 Å². The van der Waals surface area contributed by atoms with Crippen molar-refractivity contribution in [1.29, 1.82) is 0 Å². The van der Waals surface area contributed by atoms with Crippen LogP contribution < -0.4 is 0 Å². The van der Waals surface area contributed by atoms with Crippen LogP contribution in [0.1, 0.15) is 52.4 Å². The van der Waals surface area contributed by atoms with Gasteiger partial charge in [-0.15, -0.1) is 6.58 Å². The van der Waals surface area contributed by atoms with Gasteiger partial charge in [-0.1, -0.05) is 19.4 Å². The van der Waals surface area contributed by atoms with Gasteiger partial charge in [0.1, 0.15) is 0 Å². The maximum Gasteiger partial charge on any atom is 0.264 e. The van der Waals surface area contributed by atoms with E-state index in [4.69, 9.17) is 4.55 Å². The average Bonchev–Trinajstić information content (AvgIpc) is 2.30. The second kappa shape index (κ2) is 6.86. The molecule has 0 aromatic carbocycles. The Morgan fingerprint density at radius 2 is 2.21 bits per heavy atom. The average molecular weight is 289 g/mol. The first-order chi connectivity index (χ1) is 8.82. The van der Waals surface area contributed by atoms with E-state index in [1.54, 1.807) is 0 Å². The van der Waals surface area contributed by atoms with Crippen LogP contribution in [0.15, 0.2) is 12.7 Å². The normalized spacial score (nSPS) is 29.3. The monoisotopic (exact) mass is 289 g/mol. The minimum absolute atomic E-state index is 0.130. The standard InChI is InChI=1S/C14H27NO3S/c1-4-9-14(3)10-6-8-13(5-2)15(14)11-7-12-19(16,17)18/h5,13H,2,4,6-12H2,1,3H3,(H,16,17,18). The molecule has 5 heteroatoms. The molecule has 0 bridgehead atoms. The summed E-state index contributed by atoms with van der Waals surface area (Å²) in [7, 11) is -3.85. The van der Waals surface area contributed by atoms with Crippen LogP contribution in [0.25, 0.3) is 0 Å². The third-order valence-corrected chi connectivity index (χ3v) is 4.98. The highest BCUT2D eigenvalue weighted by Gasteiger charge is 2.37. The SMILES string of the molecule is C=CC1CCCC(C)(CCC)N1CCCS(=O)(=O)O. The molecule has 1 N–H and O–H groups in total. The maximum absolute atomic E-state index is 10.8. The number of hydrogen-bond acceptors (Lipinski definition) is 3. The molecule has 2 atom stereocenters. The van der Waals surface area contributed by atoms with E-state index >= 15 is 0 Å². The van der Waals surface area contributed by atoms with Crippen molar-refractivity contribution in [1.82, 2.24) is 4.90 Å². The van der Waals surface area contributed by atoms with Crippen LogP contribution in [-0.2, 0) is 10.1 Å². The van der Waals surface area contributed by atoms with E-state index in [-0.39, 0.29) is 11.3 Å². The van der Waals surface area contributed by atoms with Crippen molar-refractivity contribution in [2.24, 2.45) is 0 Å². The lowest BCUT2D eigenvalue weighted by molar-refractivity contribution is 0.0236. The van der Waals surface area contributed by atoms with E-state index in [0.29, 0.717) is 19.0 Å². The molecule has 4 nitrogen and oxygen atoms in total. The van der Waals surface area contributed by atoms with Crippen LogP contribution in [0.4, 0.5) is 0 Å². The number of rotatable bonds is 7. The maximum atomic E-state index is 10.8. The summed E-state index contributed by atoms with van der Waals surface area (Å²) in [6.45, 7) is 9.05. The van der Waals surface area contributed by atoms with Crippen molar-refractivity contribution >= 4 is 10.1 Å². The molecule has 1 heterocycles. The Balaban J connectivity index is 2.72. The molecule has 19 heavy (non-hydrogen) atoms. The molecule has 1 aliphatic heterocycles. The van der Waals surface area contributed by atoms with Gasteiger partial charge in [0.15, 0.2) is 0 Å². The van der Waals surface area contributed by atoms with Gasteiger partial charge in [0.25, 0.3) is 10.1 Å². The van der Waals surface area contributed by atoms with Gasteiger partial charge in [0, 0.05) is 18.1 Å². The molecule has 0 aliphatic carbocycles. The van der Waals surface area contributed by atoms with E-state index in [1.807, 2.05) is 6.08 Å². The van der Waals surface area contributed by atoms with Crippen molar-refractivity contribution in [3.8, 4) is 0 Å². The lowest BCUT2D eigenvalue weighted by Gasteiger charge is -2.49. The third-order valence-electron chi connectivity index (χ3n) is 4.17. The van der Waals surface area contributed by atoms with Crippen molar-refractivity contribution in [2.75, 3.05) is 12.3 Å². The lowest BCUT2D eigenvalue weighted by Crippen LogP contribution is -2.54. The van der Waals surface area contributed by atoms with Gasteiger partial charge in [-0.25, -0.2) is 0 Å². The van der Waals surface area contributed by atoms with E-state index in [2.05, 4.69) is 25.3 Å². The van der Waals surface area contributed by atoms with Gasteiger partial charge in [0.2, 0.25) is 0 Å². The Bertz CT molecular complexity index is 389. The zero-order chi connectivity index (χ0) is 14.5. The first-order valence-corrected chi connectivity index (χ1v) is 8.78. The van der Waals surface area contributed by atoms with Crippen LogP contribution in [0.5, 0.6) is 0 Å². The molecule has 0 spiro atoms. The molecular formula is C14H27NO3S.